The Bertz CT molecular complexity index is 394. The van der Waals surface area contributed by atoms with Crippen LogP contribution in [0.3, 0.4) is 0 Å². The van der Waals surface area contributed by atoms with E-state index in [0.29, 0.717) is 12.6 Å². The molecule has 0 aliphatic heterocycles. The molecule has 2 rings (SSSR count). The molecule has 1 aliphatic carbocycles. The van der Waals surface area contributed by atoms with Crippen LogP contribution < -0.4 is 10.1 Å². The van der Waals surface area contributed by atoms with Crippen LogP contribution in [0.1, 0.15) is 39.5 Å². The summed E-state index contributed by atoms with van der Waals surface area (Å²) in [6.45, 7) is 4.95. The molecule has 2 nitrogen and oxygen atoms in total. The lowest BCUT2D eigenvalue weighted by atomic mass is 10.0. The van der Waals surface area contributed by atoms with Crippen LogP contribution in [0.5, 0.6) is 5.75 Å². The van der Waals surface area contributed by atoms with Crippen molar-refractivity contribution in [2.24, 2.45) is 5.92 Å². The summed E-state index contributed by atoms with van der Waals surface area (Å²) in [6.07, 6.45) is 5.14. The number of benzene rings is 1. The molecule has 1 fully saturated rings. The Labute approximate surface area is 115 Å². The van der Waals surface area contributed by atoms with Gasteiger partial charge in [0.2, 0.25) is 0 Å². The van der Waals surface area contributed by atoms with Gasteiger partial charge in [-0.05, 0) is 43.9 Å². The van der Waals surface area contributed by atoms with E-state index in [1.165, 1.54) is 25.7 Å². The summed E-state index contributed by atoms with van der Waals surface area (Å²) in [5, 5.41) is 4.38. The Morgan fingerprint density at radius 3 is 2.89 bits per heavy atom. The smallest absolute Gasteiger partial charge is 0.142 e. The van der Waals surface area contributed by atoms with Crippen LogP contribution in [0.2, 0.25) is 5.02 Å². The van der Waals surface area contributed by atoms with Crippen LogP contribution in [0, 0.1) is 5.92 Å². The van der Waals surface area contributed by atoms with Gasteiger partial charge in [0.05, 0.1) is 12.3 Å². The fourth-order valence-corrected chi connectivity index (χ4v) is 2.98. The maximum Gasteiger partial charge on any atom is 0.142 e. The molecule has 1 aromatic carbocycles. The third-order valence-corrected chi connectivity index (χ3v) is 4.00. The second-order valence-electron chi connectivity index (χ2n) is 4.92. The van der Waals surface area contributed by atoms with Crippen molar-refractivity contribution >= 4 is 17.3 Å². The SMILES string of the molecule is CCOc1ccc(Cl)cc1NC1CCCC1CC. The van der Waals surface area contributed by atoms with E-state index < -0.39 is 0 Å². The van der Waals surface area contributed by atoms with Crippen LogP contribution >= 0.6 is 11.6 Å². The average molecular weight is 268 g/mol. The zero-order chi connectivity index (χ0) is 13.0. The Morgan fingerprint density at radius 1 is 1.33 bits per heavy atom. The first-order valence-corrected chi connectivity index (χ1v) is 7.31. The quantitative estimate of drug-likeness (QED) is 0.833. The van der Waals surface area contributed by atoms with E-state index in [9.17, 15) is 0 Å². The molecular weight excluding hydrogens is 246 g/mol. The van der Waals surface area contributed by atoms with E-state index in [2.05, 4.69) is 12.2 Å². The number of anilines is 1. The van der Waals surface area contributed by atoms with E-state index in [1.54, 1.807) is 0 Å². The Kier molecular flexibility index (Phi) is 4.76. The molecule has 2 atom stereocenters. The molecule has 1 aliphatic rings. The average Bonchev–Trinajstić information content (AvgIpc) is 2.80. The van der Waals surface area contributed by atoms with Gasteiger partial charge in [0.15, 0.2) is 0 Å². The highest BCUT2D eigenvalue weighted by Crippen LogP contribution is 2.35. The summed E-state index contributed by atoms with van der Waals surface area (Å²) in [7, 11) is 0. The Balaban J connectivity index is 2.14. The molecular formula is C15H22ClNO. The second-order valence-corrected chi connectivity index (χ2v) is 5.36. The van der Waals surface area contributed by atoms with E-state index >= 15 is 0 Å². The highest BCUT2D eigenvalue weighted by atomic mass is 35.5. The van der Waals surface area contributed by atoms with Crippen LogP contribution in [0.15, 0.2) is 18.2 Å². The molecule has 0 saturated heterocycles. The Hall–Kier alpha value is -0.890. The predicted octanol–water partition coefficient (Wildman–Crippen LogP) is 4.73. The Morgan fingerprint density at radius 2 is 2.17 bits per heavy atom. The minimum Gasteiger partial charge on any atom is -0.492 e. The first kappa shape index (κ1) is 13.5. The predicted molar refractivity (Wildman–Crippen MR) is 77.7 cm³/mol. The molecule has 1 saturated carbocycles. The van der Waals surface area contributed by atoms with E-state index in [-0.39, 0.29) is 0 Å². The van der Waals surface area contributed by atoms with Gasteiger partial charge in [-0.2, -0.15) is 0 Å². The summed E-state index contributed by atoms with van der Waals surface area (Å²) in [4.78, 5) is 0. The third-order valence-electron chi connectivity index (χ3n) is 3.77. The highest BCUT2D eigenvalue weighted by Gasteiger charge is 2.26. The fraction of sp³-hybridized carbons (Fsp3) is 0.600. The van der Waals surface area contributed by atoms with E-state index in [0.717, 1.165) is 22.4 Å². The maximum atomic E-state index is 6.08. The van der Waals surface area contributed by atoms with Crippen molar-refractivity contribution in [1.82, 2.24) is 0 Å². The number of rotatable bonds is 5. The topological polar surface area (TPSA) is 21.3 Å². The number of hydrogen-bond acceptors (Lipinski definition) is 2. The highest BCUT2D eigenvalue weighted by molar-refractivity contribution is 6.30. The molecule has 0 amide bonds. The molecule has 0 radical (unpaired) electrons. The van der Waals surface area contributed by atoms with Gasteiger partial charge in [0.25, 0.3) is 0 Å². The van der Waals surface area contributed by atoms with Crippen molar-refractivity contribution in [3.63, 3.8) is 0 Å². The minimum absolute atomic E-state index is 0.563. The van der Waals surface area contributed by atoms with Gasteiger partial charge >= 0.3 is 0 Å². The van der Waals surface area contributed by atoms with Crippen LogP contribution in [-0.2, 0) is 0 Å². The maximum absolute atomic E-state index is 6.08. The molecule has 0 bridgehead atoms. The minimum atomic E-state index is 0.563. The first-order chi connectivity index (χ1) is 8.74. The summed E-state index contributed by atoms with van der Waals surface area (Å²) < 4.78 is 5.65. The van der Waals surface area contributed by atoms with Gasteiger partial charge in [0, 0.05) is 11.1 Å². The van der Waals surface area contributed by atoms with Crippen LogP contribution in [0.25, 0.3) is 0 Å². The summed E-state index contributed by atoms with van der Waals surface area (Å²) in [5.74, 6) is 1.68. The van der Waals surface area contributed by atoms with Crippen molar-refractivity contribution in [3.8, 4) is 5.75 Å². The molecule has 18 heavy (non-hydrogen) atoms. The number of ether oxygens (including phenoxy) is 1. The normalized spacial score (nSPS) is 23.1. The van der Waals surface area contributed by atoms with Gasteiger partial charge < -0.3 is 10.1 Å². The lowest BCUT2D eigenvalue weighted by Gasteiger charge is -2.22. The summed E-state index contributed by atoms with van der Waals surface area (Å²) in [5.41, 5.74) is 1.04. The van der Waals surface area contributed by atoms with Gasteiger partial charge in [-0.25, -0.2) is 0 Å². The van der Waals surface area contributed by atoms with Crippen molar-refractivity contribution in [2.45, 2.75) is 45.6 Å². The first-order valence-electron chi connectivity index (χ1n) is 6.93. The standard InChI is InChI=1S/C15H22ClNO/c1-3-11-6-5-7-13(11)17-14-10-12(16)8-9-15(14)18-4-2/h8-11,13,17H,3-7H2,1-2H3. The van der Waals surface area contributed by atoms with Crippen molar-refractivity contribution in [2.75, 3.05) is 11.9 Å². The third kappa shape index (κ3) is 3.11. The molecule has 0 spiro atoms. The van der Waals surface area contributed by atoms with Crippen molar-refractivity contribution < 1.29 is 4.74 Å². The zero-order valence-corrected chi connectivity index (χ0v) is 12.0. The number of halogens is 1. The fourth-order valence-electron chi connectivity index (χ4n) is 2.81. The van der Waals surface area contributed by atoms with Gasteiger partial charge in [0.1, 0.15) is 5.75 Å². The lowest BCUT2D eigenvalue weighted by Crippen LogP contribution is -2.23. The van der Waals surface area contributed by atoms with Crippen molar-refractivity contribution in [3.05, 3.63) is 23.2 Å². The van der Waals surface area contributed by atoms with Gasteiger partial charge in [-0.3, -0.25) is 0 Å². The number of hydrogen-bond donors (Lipinski definition) is 1. The molecule has 0 heterocycles. The van der Waals surface area contributed by atoms with Crippen LogP contribution in [-0.4, -0.2) is 12.6 Å². The lowest BCUT2D eigenvalue weighted by molar-refractivity contribution is 0.341. The van der Waals surface area contributed by atoms with Gasteiger partial charge in [-0.15, -0.1) is 0 Å². The van der Waals surface area contributed by atoms with E-state index in [1.807, 2.05) is 25.1 Å². The molecule has 100 valence electrons. The monoisotopic (exact) mass is 267 g/mol. The van der Waals surface area contributed by atoms with E-state index in [4.69, 9.17) is 16.3 Å². The zero-order valence-electron chi connectivity index (χ0n) is 11.2. The van der Waals surface area contributed by atoms with Gasteiger partial charge in [-0.1, -0.05) is 31.4 Å². The molecule has 3 heteroatoms. The largest absolute Gasteiger partial charge is 0.492 e. The summed E-state index contributed by atoms with van der Waals surface area (Å²) >= 11 is 6.08. The second kappa shape index (κ2) is 6.33. The number of nitrogens with one attached hydrogen (secondary N) is 1. The van der Waals surface area contributed by atoms with Crippen molar-refractivity contribution in [1.29, 1.82) is 0 Å². The molecule has 2 unspecified atom stereocenters. The van der Waals surface area contributed by atoms with Crippen LogP contribution in [0.4, 0.5) is 5.69 Å². The molecule has 0 aromatic heterocycles. The molecule has 1 N–H and O–H groups in total. The molecule has 1 aromatic rings. The summed E-state index contributed by atoms with van der Waals surface area (Å²) in [6, 6.07) is 6.36.